The summed E-state index contributed by atoms with van der Waals surface area (Å²) in [6.07, 6.45) is 7.10. The van der Waals surface area contributed by atoms with Crippen LogP contribution in [0.5, 0.6) is 0 Å². The van der Waals surface area contributed by atoms with Gasteiger partial charge < -0.3 is 10.6 Å². The van der Waals surface area contributed by atoms with Gasteiger partial charge in [-0.25, -0.2) is 4.68 Å². The first-order valence-electron chi connectivity index (χ1n) is 7.45. The van der Waals surface area contributed by atoms with Crippen LogP contribution < -0.4 is 16.2 Å². The third-order valence-electron chi connectivity index (χ3n) is 3.61. The molecule has 1 fully saturated rings. The third kappa shape index (κ3) is 3.96. The highest BCUT2D eigenvalue weighted by atomic mass is 35.5. The molecular weight excluding hydrogens is 276 g/mol. The van der Waals surface area contributed by atoms with Crippen LogP contribution in [0.15, 0.2) is 11.0 Å². The predicted molar refractivity (Wildman–Crippen MR) is 82.5 cm³/mol. The van der Waals surface area contributed by atoms with Crippen molar-refractivity contribution >= 4 is 17.3 Å². The van der Waals surface area contributed by atoms with E-state index in [-0.39, 0.29) is 10.6 Å². The Morgan fingerprint density at radius 2 is 2.40 bits per heavy atom. The van der Waals surface area contributed by atoms with Crippen molar-refractivity contribution in [1.29, 1.82) is 0 Å². The number of nitrogens with one attached hydrogen (secondary N) is 2. The summed E-state index contributed by atoms with van der Waals surface area (Å²) >= 11 is 6.18. The standard InChI is InChI=1S/C14H23ClN4O/c1-2-3-8-19-14(20)13(15)12(10-17-19)18-11-6-4-5-7-16-9-11/h10-11,16,18H,2-9H2,1H3. The lowest BCUT2D eigenvalue weighted by Crippen LogP contribution is -2.32. The molecule has 1 unspecified atom stereocenters. The minimum atomic E-state index is -0.202. The van der Waals surface area contributed by atoms with Crippen molar-refractivity contribution in [3.63, 3.8) is 0 Å². The van der Waals surface area contributed by atoms with Crippen LogP contribution >= 0.6 is 11.6 Å². The lowest BCUT2D eigenvalue weighted by Gasteiger charge is -2.18. The Morgan fingerprint density at radius 1 is 1.55 bits per heavy atom. The third-order valence-corrected chi connectivity index (χ3v) is 3.98. The van der Waals surface area contributed by atoms with E-state index in [0.717, 1.165) is 32.4 Å². The summed E-state index contributed by atoms with van der Waals surface area (Å²) in [4.78, 5) is 12.1. The van der Waals surface area contributed by atoms with Gasteiger partial charge in [0.15, 0.2) is 0 Å². The summed E-state index contributed by atoms with van der Waals surface area (Å²) in [5.41, 5.74) is 0.449. The molecule has 0 spiro atoms. The van der Waals surface area contributed by atoms with Crippen LogP contribution in [0.4, 0.5) is 5.69 Å². The molecule has 1 aromatic heterocycles. The fourth-order valence-corrected chi connectivity index (χ4v) is 2.60. The number of aryl methyl sites for hydroxylation is 1. The van der Waals surface area contributed by atoms with E-state index >= 15 is 0 Å². The number of hydrogen-bond acceptors (Lipinski definition) is 4. The fraction of sp³-hybridized carbons (Fsp3) is 0.714. The maximum Gasteiger partial charge on any atom is 0.287 e. The number of hydrogen-bond donors (Lipinski definition) is 2. The van der Waals surface area contributed by atoms with E-state index in [9.17, 15) is 4.79 Å². The molecule has 0 bridgehead atoms. The van der Waals surface area contributed by atoms with Crippen LogP contribution in [0, 0.1) is 0 Å². The Hall–Kier alpha value is -1.07. The van der Waals surface area contributed by atoms with Gasteiger partial charge in [-0.15, -0.1) is 0 Å². The number of rotatable bonds is 5. The fourth-order valence-electron chi connectivity index (χ4n) is 2.40. The summed E-state index contributed by atoms with van der Waals surface area (Å²) in [6, 6.07) is 0.308. The Balaban J connectivity index is 2.08. The van der Waals surface area contributed by atoms with Crippen LogP contribution in [0.1, 0.15) is 39.0 Å². The van der Waals surface area contributed by atoms with Gasteiger partial charge in [0, 0.05) is 19.1 Å². The van der Waals surface area contributed by atoms with Crippen LogP contribution in [0.2, 0.25) is 5.02 Å². The van der Waals surface area contributed by atoms with Gasteiger partial charge in [0.25, 0.3) is 5.56 Å². The van der Waals surface area contributed by atoms with Gasteiger partial charge in [-0.2, -0.15) is 5.10 Å². The number of nitrogens with zero attached hydrogens (tertiary/aromatic N) is 2. The van der Waals surface area contributed by atoms with E-state index in [4.69, 9.17) is 11.6 Å². The molecule has 0 saturated carbocycles. The molecule has 0 radical (unpaired) electrons. The quantitative estimate of drug-likeness (QED) is 0.875. The van der Waals surface area contributed by atoms with Crippen molar-refractivity contribution in [2.24, 2.45) is 0 Å². The van der Waals surface area contributed by atoms with E-state index in [1.807, 2.05) is 0 Å². The van der Waals surface area contributed by atoms with Crippen LogP contribution in [-0.2, 0) is 6.54 Å². The summed E-state index contributed by atoms with van der Waals surface area (Å²) in [5.74, 6) is 0. The first-order chi connectivity index (χ1) is 9.72. The van der Waals surface area contributed by atoms with Crippen LogP contribution in [-0.4, -0.2) is 28.9 Å². The molecule has 1 saturated heterocycles. The average molecular weight is 299 g/mol. The van der Waals surface area contributed by atoms with Gasteiger partial charge in [-0.1, -0.05) is 31.4 Å². The maximum atomic E-state index is 12.1. The summed E-state index contributed by atoms with van der Waals surface area (Å²) in [6.45, 7) is 4.67. The number of unbranched alkanes of at least 4 members (excludes halogenated alkanes) is 1. The Labute approximate surface area is 124 Å². The highest BCUT2D eigenvalue weighted by Gasteiger charge is 2.15. The first kappa shape index (κ1) is 15.3. The summed E-state index contributed by atoms with van der Waals surface area (Å²) < 4.78 is 1.45. The van der Waals surface area contributed by atoms with Gasteiger partial charge in [0.2, 0.25) is 0 Å². The normalized spacial score (nSPS) is 19.6. The maximum absolute atomic E-state index is 12.1. The van der Waals surface area contributed by atoms with Crippen molar-refractivity contribution in [3.05, 3.63) is 21.6 Å². The molecule has 1 aliphatic heterocycles. The van der Waals surface area contributed by atoms with Crippen molar-refractivity contribution in [1.82, 2.24) is 15.1 Å². The largest absolute Gasteiger partial charge is 0.378 e. The van der Waals surface area contributed by atoms with Gasteiger partial charge in [0.05, 0.1) is 11.9 Å². The van der Waals surface area contributed by atoms with E-state index in [1.165, 1.54) is 17.5 Å². The van der Waals surface area contributed by atoms with Gasteiger partial charge in [-0.3, -0.25) is 4.79 Å². The second kappa shape index (κ2) is 7.64. The van der Waals surface area contributed by atoms with Gasteiger partial charge in [0.1, 0.15) is 5.02 Å². The number of anilines is 1. The highest BCUT2D eigenvalue weighted by molar-refractivity contribution is 6.32. The van der Waals surface area contributed by atoms with E-state index in [2.05, 4.69) is 22.7 Å². The SMILES string of the molecule is CCCCn1ncc(NC2CCCCNC2)c(Cl)c1=O. The molecule has 0 aromatic carbocycles. The number of halogens is 1. The number of aromatic nitrogens is 2. The minimum absolute atomic E-state index is 0.202. The molecule has 2 heterocycles. The molecule has 1 aromatic rings. The second-order valence-corrected chi connectivity index (χ2v) is 5.67. The molecule has 6 heteroatoms. The van der Waals surface area contributed by atoms with Gasteiger partial charge >= 0.3 is 0 Å². The van der Waals surface area contributed by atoms with E-state index in [1.54, 1.807) is 6.20 Å². The molecule has 0 aliphatic carbocycles. The first-order valence-corrected chi connectivity index (χ1v) is 7.83. The Kier molecular flexibility index (Phi) is 5.86. The van der Waals surface area contributed by atoms with Crippen molar-refractivity contribution in [3.8, 4) is 0 Å². The van der Waals surface area contributed by atoms with Crippen LogP contribution in [0.3, 0.4) is 0 Å². The Morgan fingerprint density at radius 3 is 3.20 bits per heavy atom. The molecule has 2 N–H and O–H groups in total. The molecule has 2 rings (SSSR count). The van der Waals surface area contributed by atoms with Crippen molar-refractivity contribution in [2.75, 3.05) is 18.4 Å². The highest BCUT2D eigenvalue weighted by Crippen LogP contribution is 2.18. The molecular formula is C14H23ClN4O. The van der Waals surface area contributed by atoms with E-state index in [0.29, 0.717) is 18.3 Å². The smallest absolute Gasteiger partial charge is 0.287 e. The molecule has 112 valence electrons. The minimum Gasteiger partial charge on any atom is -0.378 e. The topological polar surface area (TPSA) is 59.0 Å². The zero-order chi connectivity index (χ0) is 14.4. The summed E-state index contributed by atoms with van der Waals surface area (Å²) in [5, 5.41) is 11.2. The zero-order valence-electron chi connectivity index (χ0n) is 12.0. The van der Waals surface area contributed by atoms with Gasteiger partial charge in [-0.05, 0) is 25.8 Å². The Bertz CT molecular complexity index is 481. The zero-order valence-corrected chi connectivity index (χ0v) is 12.7. The van der Waals surface area contributed by atoms with E-state index < -0.39 is 0 Å². The average Bonchev–Trinajstić information content (AvgIpc) is 2.72. The monoisotopic (exact) mass is 298 g/mol. The molecule has 1 atom stereocenters. The van der Waals surface area contributed by atoms with Crippen LogP contribution in [0.25, 0.3) is 0 Å². The molecule has 0 amide bonds. The van der Waals surface area contributed by atoms with Crippen molar-refractivity contribution in [2.45, 2.75) is 51.6 Å². The lowest BCUT2D eigenvalue weighted by molar-refractivity contribution is 0.542. The molecule has 20 heavy (non-hydrogen) atoms. The predicted octanol–water partition coefficient (Wildman–Crippen LogP) is 2.25. The van der Waals surface area contributed by atoms with Crippen molar-refractivity contribution < 1.29 is 0 Å². The summed E-state index contributed by atoms with van der Waals surface area (Å²) in [7, 11) is 0. The molecule has 1 aliphatic rings. The molecule has 5 nitrogen and oxygen atoms in total. The second-order valence-electron chi connectivity index (χ2n) is 5.30. The lowest BCUT2D eigenvalue weighted by atomic mass is 10.1.